The Balaban J connectivity index is 2.54. The fourth-order valence-corrected chi connectivity index (χ4v) is 2.16. The van der Waals surface area contributed by atoms with Gasteiger partial charge in [-0.05, 0) is 35.1 Å². The van der Waals surface area contributed by atoms with Crippen molar-refractivity contribution in [3.8, 4) is 11.1 Å². The highest BCUT2D eigenvalue weighted by Gasteiger charge is 2.07. The predicted molar refractivity (Wildman–Crippen MR) is 76.6 cm³/mol. The molecule has 0 aliphatic carbocycles. The molecule has 0 unspecified atom stereocenters. The summed E-state index contributed by atoms with van der Waals surface area (Å²) in [6.45, 7) is 6.56. The Hall–Kier alpha value is -1.60. The maximum atomic E-state index is 9.45. The molecule has 0 amide bonds. The molecule has 0 aromatic heterocycles. The molecule has 2 rings (SSSR count). The predicted octanol–water partition coefficient (Wildman–Crippen LogP) is 4.28. The summed E-state index contributed by atoms with van der Waals surface area (Å²) in [6, 6.07) is 14.8. The van der Waals surface area contributed by atoms with Gasteiger partial charge in [0.1, 0.15) is 0 Å². The average molecular weight is 240 g/mol. The van der Waals surface area contributed by atoms with Crippen LogP contribution in [0.1, 0.15) is 36.5 Å². The van der Waals surface area contributed by atoms with Gasteiger partial charge in [-0.3, -0.25) is 0 Å². The van der Waals surface area contributed by atoms with Gasteiger partial charge in [-0.15, -0.1) is 0 Å². The lowest BCUT2D eigenvalue weighted by molar-refractivity contribution is 0.282. The number of aliphatic hydroxyl groups is 1. The van der Waals surface area contributed by atoms with Gasteiger partial charge in [-0.1, -0.05) is 61.9 Å². The van der Waals surface area contributed by atoms with Crippen molar-refractivity contribution >= 4 is 0 Å². The van der Waals surface area contributed by atoms with Crippen molar-refractivity contribution in [1.82, 2.24) is 0 Å². The van der Waals surface area contributed by atoms with Crippen LogP contribution in [0.5, 0.6) is 0 Å². The smallest absolute Gasteiger partial charge is 0.0687 e. The van der Waals surface area contributed by atoms with Crippen LogP contribution in [-0.2, 0) is 6.61 Å². The third kappa shape index (κ3) is 2.62. The van der Waals surface area contributed by atoms with E-state index >= 15 is 0 Å². The van der Waals surface area contributed by atoms with E-state index in [1.807, 2.05) is 12.1 Å². The Labute approximate surface area is 109 Å². The van der Waals surface area contributed by atoms with Crippen molar-refractivity contribution in [3.63, 3.8) is 0 Å². The standard InChI is InChI=1S/C17H20O/c1-12(2)14-5-4-6-15(10-14)17-9-13(3)7-8-16(17)11-18/h4-10,12,18H,11H2,1-3H3. The van der Waals surface area contributed by atoms with Crippen LogP contribution in [0, 0.1) is 6.92 Å². The molecule has 0 bridgehead atoms. The summed E-state index contributed by atoms with van der Waals surface area (Å²) < 4.78 is 0. The van der Waals surface area contributed by atoms with Gasteiger partial charge in [0.2, 0.25) is 0 Å². The van der Waals surface area contributed by atoms with Crippen molar-refractivity contribution < 1.29 is 5.11 Å². The summed E-state index contributed by atoms with van der Waals surface area (Å²) in [5.41, 5.74) is 5.87. The lowest BCUT2D eigenvalue weighted by atomic mass is 9.94. The first-order valence-corrected chi connectivity index (χ1v) is 6.42. The van der Waals surface area contributed by atoms with E-state index in [-0.39, 0.29) is 6.61 Å². The molecule has 18 heavy (non-hydrogen) atoms. The van der Waals surface area contributed by atoms with E-state index in [9.17, 15) is 5.11 Å². The second-order valence-corrected chi connectivity index (χ2v) is 5.10. The van der Waals surface area contributed by atoms with E-state index in [1.165, 1.54) is 16.7 Å². The van der Waals surface area contributed by atoms with Crippen LogP contribution in [0.2, 0.25) is 0 Å². The Morgan fingerprint density at radius 1 is 1.06 bits per heavy atom. The van der Waals surface area contributed by atoms with Crippen molar-refractivity contribution in [2.24, 2.45) is 0 Å². The Morgan fingerprint density at radius 2 is 1.83 bits per heavy atom. The minimum atomic E-state index is 0.0848. The highest BCUT2D eigenvalue weighted by molar-refractivity contribution is 5.68. The molecule has 0 fully saturated rings. The molecule has 1 N–H and O–H groups in total. The number of rotatable bonds is 3. The number of aryl methyl sites for hydroxylation is 1. The van der Waals surface area contributed by atoms with Gasteiger partial charge in [-0.25, -0.2) is 0 Å². The van der Waals surface area contributed by atoms with E-state index < -0.39 is 0 Å². The Kier molecular flexibility index (Phi) is 3.83. The first-order valence-electron chi connectivity index (χ1n) is 6.42. The zero-order chi connectivity index (χ0) is 13.1. The lowest BCUT2D eigenvalue weighted by Crippen LogP contribution is -1.93. The minimum Gasteiger partial charge on any atom is -0.392 e. The fourth-order valence-electron chi connectivity index (χ4n) is 2.16. The van der Waals surface area contributed by atoms with E-state index in [0.717, 1.165) is 11.1 Å². The number of hydrogen-bond donors (Lipinski definition) is 1. The topological polar surface area (TPSA) is 20.2 Å². The first-order chi connectivity index (χ1) is 8.61. The molecule has 2 aromatic carbocycles. The van der Waals surface area contributed by atoms with Crippen LogP contribution in [0.25, 0.3) is 11.1 Å². The van der Waals surface area contributed by atoms with Gasteiger partial charge < -0.3 is 5.11 Å². The maximum absolute atomic E-state index is 9.45. The van der Waals surface area contributed by atoms with Crippen molar-refractivity contribution in [2.75, 3.05) is 0 Å². The van der Waals surface area contributed by atoms with Crippen molar-refractivity contribution in [2.45, 2.75) is 33.3 Å². The molecule has 0 saturated carbocycles. The first kappa shape index (κ1) is 12.8. The van der Waals surface area contributed by atoms with E-state index in [4.69, 9.17) is 0 Å². The van der Waals surface area contributed by atoms with Gasteiger partial charge in [0.15, 0.2) is 0 Å². The second kappa shape index (κ2) is 5.36. The quantitative estimate of drug-likeness (QED) is 0.849. The molecular weight excluding hydrogens is 220 g/mol. The summed E-state index contributed by atoms with van der Waals surface area (Å²) in [7, 11) is 0. The maximum Gasteiger partial charge on any atom is 0.0687 e. The molecule has 0 radical (unpaired) electrons. The second-order valence-electron chi connectivity index (χ2n) is 5.10. The molecule has 0 atom stereocenters. The van der Waals surface area contributed by atoms with Gasteiger partial charge >= 0.3 is 0 Å². The van der Waals surface area contributed by atoms with Gasteiger partial charge in [0.05, 0.1) is 6.61 Å². The van der Waals surface area contributed by atoms with E-state index in [1.54, 1.807) is 0 Å². The molecule has 0 heterocycles. The van der Waals surface area contributed by atoms with Crippen LogP contribution >= 0.6 is 0 Å². The highest BCUT2D eigenvalue weighted by atomic mass is 16.3. The monoisotopic (exact) mass is 240 g/mol. The molecule has 1 nitrogen and oxygen atoms in total. The van der Waals surface area contributed by atoms with E-state index in [0.29, 0.717) is 5.92 Å². The third-order valence-electron chi connectivity index (χ3n) is 3.30. The highest BCUT2D eigenvalue weighted by Crippen LogP contribution is 2.27. The number of aliphatic hydroxyl groups excluding tert-OH is 1. The molecule has 1 heteroatoms. The summed E-state index contributed by atoms with van der Waals surface area (Å²) >= 11 is 0. The molecule has 94 valence electrons. The van der Waals surface area contributed by atoms with Gasteiger partial charge in [0.25, 0.3) is 0 Å². The normalized spacial score (nSPS) is 10.9. The minimum absolute atomic E-state index is 0.0848. The summed E-state index contributed by atoms with van der Waals surface area (Å²) in [6.07, 6.45) is 0. The molecule has 0 saturated heterocycles. The lowest BCUT2D eigenvalue weighted by Gasteiger charge is -2.12. The average Bonchev–Trinajstić information content (AvgIpc) is 2.39. The fraction of sp³-hybridized carbons (Fsp3) is 0.294. The SMILES string of the molecule is Cc1ccc(CO)c(-c2cccc(C(C)C)c2)c1. The largest absolute Gasteiger partial charge is 0.392 e. The molecule has 0 aliphatic rings. The van der Waals surface area contributed by atoms with Crippen LogP contribution < -0.4 is 0 Å². The van der Waals surface area contributed by atoms with E-state index in [2.05, 4.69) is 51.1 Å². The van der Waals surface area contributed by atoms with Crippen molar-refractivity contribution in [1.29, 1.82) is 0 Å². The number of hydrogen-bond acceptors (Lipinski definition) is 1. The van der Waals surface area contributed by atoms with Crippen LogP contribution in [0.3, 0.4) is 0 Å². The third-order valence-corrected chi connectivity index (χ3v) is 3.30. The van der Waals surface area contributed by atoms with Crippen LogP contribution in [0.15, 0.2) is 42.5 Å². The Morgan fingerprint density at radius 3 is 2.50 bits per heavy atom. The van der Waals surface area contributed by atoms with Crippen molar-refractivity contribution in [3.05, 3.63) is 59.2 Å². The summed E-state index contributed by atoms with van der Waals surface area (Å²) in [5.74, 6) is 0.521. The molecule has 0 aliphatic heterocycles. The number of benzene rings is 2. The molecule has 2 aromatic rings. The zero-order valence-electron chi connectivity index (χ0n) is 11.3. The van der Waals surface area contributed by atoms with Crippen LogP contribution in [0.4, 0.5) is 0 Å². The summed E-state index contributed by atoms with van der Waals surface area (Å²) in [5, 5.41) is 9.45. The van der Waals surface area contributed by atoms with Crippen LogP contribution in [-0.4, -0.2) is 5.11 Å². The Bertz CT molecular complexity index is 541. The van der Waals surface area contributed by atoms with Gasteiger partial charge in [0, 0.05) is 0 Å². The molecule has 0 spiro atoms. The summed E-state index contributed by atoms with van der Waals surface area (Å²) in [4.78, 5) is 0. The molecular formula is C17H20O. The zero-order valence-corrected chi connectivity index (χ0v) is 11.3. The van der Waals surface area contributed by atoms with Gasteiger partial charge in [-0.2, -0.15) is 0 Å².